The van der Waals surface area contributed by atoms with Gasteiger partial charge in [0, 0.05) is 41.0 Å². The Hall–Kier alpha value is -3.39. The van der Waals surface area contributed by atoms with Crippen LogP contribution in [-0.2, 0) is 0 Å². The molecule has 0 amide bonds. The number of nitro benzene ring substituents is 1. The largest absolute Gasteiger partial charge is 0.270 e. The molecular weight excluding hydrogens is 350 g/mol. The molecule has 2 heterocycles. The molecule has 0 fully saturated rings. The van der Waals surface area contributed by atoms with Crippen LogP contribution >= 0.6 is 11.3 Å². The molecule has 0 aliphatic rings. The van der Waals surface area contributed by atoms with Gasteiger partial charge in [0.05, 0.1) is 23.4 Å². The Morgan fingerprint density at radius 3 is 2.96 bits per heavy atom. The van der Waals surface area contributed by atoms with Crippen LogP contribution in [0.5, 0.6) is 0 Å². The number of non-ortho nitro benzene ring substituents is 1. The predicted octanol–water partition coefficient (Wildman–Crippen LogP) is 3.49. The summed E-state index contributed by atoms with van der Waals surface area (Å²) in [5.74, 6) is 0. The van der Waals surface area contributed by atoms with Crippen LogP contribution < -0.4 is 4.80 Å². The fourth-order valence-electron chi connectivity index (χ4n) is 2.22. The van der Waals surface area contributed by atoms with Crippen molar-refractivity contribution in [2.24, 2.45) is 10.1 Å². The molecule has 130 valence electrons. The molecule has 0 bridgehead atoms. The average molecular weight is 365 g/mol. The lowest BCUT2D eigenvalue weighted by Crippen LogP contribution is -2.12. The van der Waals surface area contributed by atoms with Gasteiger partial charge >= 0.3 is 0 Å². The lowest BCUT2D eigenvalue weighted by atomic mass is 10.1. The maximum Gasteiger partial charge on any atom is 0.270 e. The minimum absolute atomic E-state index is 0.0288. The van der Waals surface area contributed by atoms with E-state index in [0.29, 0.717) is 16.9 Å². The van der Waals surface area contributed by atoms with Crippen LogP contribution in [-0.4, -0.2) is 27.3 Å². The van der Waals surface area contributed by atoms with Crippen LogP contribution in [0.25, 0.3) is 11.3 Å². The zero-order chi connectivity index (χ0) is 18.4. The molecule has 3 rings (SSSR count). The fourth-order valence-corrected chi connectivity index (χ4v) is 3.06. The Bertz CT molecular complexity index is 1020. The van der Waals surface area contributed by atoms with Gasteiger partial charge in [-0.2, -0.15) is 5.10 Å². The van der Waals surface area contributed by atoms with Gasteiger partial charge in [0.2, 0.25) is 4.80 Å². The van der Waals surface area contributed by atoms with Gasteiger partial charge in [-0.3, -0.25) is 20.1 Å². The standard InChI is InChI=1S/C18H15N5O2S/c1-2-8-20-18-22(21-12-14-5-4-9-19-11-14)17(13-26-18)15-6-3-7-16(10-15)23(24)25/h2-7,9-13H,1,8H2. The highest BCUT2D eigenvalue weighted by atomic mass is 32.1. The topological polar surface area (TPSA) is 85.7 Å². The molecule has 1 aromatic carbocycles. The van der Waals surface area contributed by atoms with Crippen LogP contribution in [0.4, 0.5) is 5.69 Å². The highest BCUT2D eigenvalue weighted by Gasteiger charge is 2.11. The minimum Gasteiger partial charge on any atom is -0.264 e. The molecule has 0 saturated heterocycles. The zero-order valence-corrected chi connectivity index (χ0v) is 14.5. The third-order valence-corrected chi connectivity index (χ3v) is 4.25. The lowest BCUT2D eigenvalue weighted by molar-refractivity contribution is -0.384. The first-order chi connectivity index (χ1) is 12.7. The molecule has 0 radical (unpaired) electrons. The summed E-state index contributed by atoms with van der Waals surface area (Å²) in [6, 6.07) is 10.2. The van der Waals surface area contributed by atoms with Gasteiger partial charge in [-0.05, 0) is 6.07 Å². The summed E-state index contributed by atoms with van der Waals surface area (Å²) in [5.41, 5.74) is 2.28. The summed E-state index contributed by atoms with van der Waals surface area (Å²) in [6.45, 7) is 4.13. The summed E-state index contributed by atoms with van der Waals surface area (Å²) in [4.78, 5) is 19.8. The van der Waals surface area contributed by atoms with E-state index in [9.17, 15) is 10.1 Å². The smallest absolute Gasteiger partial charge is 0.264 e. The van der Waals surface area contributed by atoms with Crippen molar-refractivity contribution in [1.29, 1.82) is 0 Å². The number of thiazole rings is 1. The van der Waals surface area contributed by atoms with E-state index in [4.69, 9.17) is 0 Å². The number of nitro groups is 1. The molecule has 0 saturated carbocycles. The molecule has 2 aromatic heterocycles. The van der Waals surface area contributed by atoms with Gasteiger partial charge in [0.15, 0.2) is 0 Å². The van der Waals surface area contributed by atoms with E-state index < -0.39 is 4.92 Å². The highest BCUT2D eigenvalue weighted by Crippen LogP contribution is 2.24. The summed E-state index contributed by atoms with van der Waals surface area (Å²) in [7, 11) is 0. The Kier molecular flexibility index (Phi) is 5.45. The lowest BCUT2D eigenvalue weighted by Gasteiger charge is -2.03. The Balaban J connectivity index is 2.10. The van der Waals surface area contributed by atoms with Crippen molar-refractivity contribution in [1.82, 2.24) is 9.66 Å². The first-order valence-electron chi connectivity index (χ1n) is 7.70. The average Bonchev–Trinajstić information content (AvgIpc) is 3.08. The van der Waals surface area contributed by atoms with E-state index >= 15 is 0 Å². The van der Waals surface area contributed by atoms with Gasteiger partial charge in [-0.15, -0.1) is 17.9 Å². The van der Waals surface area contributed by atoms with E-state index in [1.54, 1.807) is 35.4 Å². The van der Waals surface area contributed by atoms with Crippen LogP contribution in [0.3, 0.4) is 0 Å². The third kappa shape index (κ3) is 3.98. The van der Waals surface area contributed by atoms with E-state index in [1.165, 1.54) is 23.5 Å². The second kappa shape index (κ2) is 8.13. The summed E-state index contributed by atoms with van der Waals surface area (Å²) in [5, 5.41) is 17.4. The monoisotopic (exact) mass is 365 g/mol. The van der Waals surface area contributed by atoms with E-state index in [2.05, 4.69) is 21.7 Å². The van der Waals surface area contributed by atoms with E-state index in [-0.39, 0.29) is 5.69 Å². The number of benzene rings is 1. The maximum atomic E-state index is 11.1. The van der Waals surface area contributed by atoms with Crippen molar-refractivity contribution in [3.63, 3.8) is 0 Å². The molecule has 0 aliphatic carbocycles. The molecule has 0 atom stereocenters. The first-order valence-corrected chi connectivity index (χ1v) is 8.58. The van der Waals surface area contributed by atoms with Gasteiger partial charge < -0.3 is 0 Å². The second-order valence-electron chi connectivity index (χ2n) is 5.18. The Morgan fingerprint density at radius 1 is 1.35 bits per heavy atom. The maximum absolute atomic E-state index is 11.1. The van der Waals surface area contributed by atoms with Gasteiger partial charge in [-0.1, -0.05) is 24.3 Å². The fraction of sp³-hybridized carbons (Fsp3) is 0.0556. The molecule has 0 unspecified atom stereocenters. The summed E-state index contributed by atoms with van der Waals surface area (Å²) in [6.07, 6.45) is 6.76. The van der Waals surface area contributed by atoms with Gasteiger partial charge in [0.1, 0.15) is 0 Å². The molecule has 26 heavy (non-hydrogen) atoms. The van der Waals surface area contributed by atoms with Crippen LogP contribution in [0.15, 0.2) is 76.9 Å². The predicted molar refractivity (Wildman–Crippen MR) is 102 cm³/mol. The number of aromatic nitrogens is 2. The Morgan fingerprint density at radius 2 is 2.23 bits per heavy atom. The van der Waals surface area contributed by atoms with Crippen molar-refractivity contribution in [3.8, 4) is 11.3 Å². The normalized spacial score (nSPS) is 11.8. The number of pyridine rings is 1. The minimum atomic E-state index is -0.415. The second-order valence-corrected chi connectivity index (χ2v) is 6.02. The van der Waals surface area contributed by atoms with Crippen LogP contribution in [0.2, 0.25) is 0 Å². The summed E-state index contributed by atoms with van der Waals surface area (Å²) < 4.78 is 1.67. The van der Waals surface area contributed by atoms with Crippen molar-refractivity contribution in [3.05, 3.63) is 87.3 Å². The van der Waals surface area contributed by atoms with E-state index in [1.807, 2.05) is 23.6 Å². The molecule has 3 aromatic rings. The van der Waals surface area contributed by atoms with Crippen LogP contribution in [0.1, 0.15) is 5.56 Å². The van der Waals surface area contributed by atoms with Gasteiger partial charge in [0.25, 0.3) is 5.69 Å². The van der Waals surface area contributed by atoms with E-state index in [0.717, 1.165) is 11.3 Å². The first kappa shape index (κ1) is 17.4. The summed E-state index contributed by atoms with van der Waals surface area (Å²) >= 11 is 1.41. The zero-order valence-electron chi connectivity index (χ0n) is 13.7. The van der Waals surface area contributed by atoms with Gasteiger partial charge in [-0.25, -0.2) is 4.68 Å². The van der Waals surface area contributed by atoms with Crippen molar-refractivity contribution >= 4 is 23.2 Å². The molecular formula is C18H15N5O2S. The molecule has 0 aliphatic heterocycles. The third-order valence-electron chi connectivity index (χ3n) is 3.40. The number of nitrogens with zero attached hydrogens (tertiary/aromatic N) is 5. The van der Waals surface area contributed by atoms with Crippen molar-refractivity contribution < 1.29 is 4.92 Å². The van der Waals surface area contributed by atoms with Crippen molar-refractivity contribution in [2.75, 3.05) is 6.54 Å². The molecule has 0 spiro atoms. The SMILES string of the molecule is C=CCN=c1scc(-c2cccc([N+](=O)[O-])c2)n1N=Cc1cccnc1. The number of hydrogen-bond donors (Lipinski definition) is 0. The quantitative estimate of drug-likeness (QED) is 0.290. The number of rotatable bonds is 6. The van der Waals surface area contributed by atoms with Crippen LogP contribution in [0, 0.1) is 10.1 Å². The van der Waals surface area contributed by atoms with Crippen molar-refractivity contribution in [2.45, 2.75) is 0 Å². The Labute approximate surface area is 153 Å². The molecule has 0 N–H and O–H groups in total. The molecule has 7 nitrogen and oxygen atoms in total. The molecule has 8 heteroatoms. The number of hydrogen-bond acceptors (Lipinski definition) is 6. The highest BCUT2D eigenvalue weighted by molar-refractivity contribution is 7.07.